The van der Waals surface area contributed by atoms with Crippen LogP contribution in [0.15, 0.2) is 30.6 Å². The number of aromatic nitrogens is 4. The van der Waals surface area contributed by atoms with E-state index in [9.17, 15) is 4.79 Å². The summed E-state index contributed by atoms with van der Waals surface area (Å²) in [6.45, 7) is 3.84. The number of carbonyl (C=O) groups excluding carboxylic acids is 1. The molecule has 7 heteroatoms. The molecule has 3 heterocycles. The third-order valence-corrected chi connectivity index (χ3v) is 4.86. The van der Waals surface area contributed by atoms with Crippen LogP contribution in [-0.2, 0) is 0 Å². The zero-order valence-electron chi connectivity index (χ0n) is 14.1. The smallest absolute Gasteiger partial charge is 0.269 e. The summed E-state index contributed by atoms with van der Waals surface area (Å²) in [7, 11) is 0. The van der Waals surface area contributed by atoms with Crippen LogP contribution in [-0.4, -0.2) is 39.2 Å². The molecular formula is C18H20N6O. The number of fused-ring (bicyclic) bond motifs is 1. The molecule has 3 aromatic rings. The van der Waals surface area contributed by atoms with Crippen LogP contribution in [0.3, 0.4) is 0 Å². The maximum Gasteiger partial charge on any atom is 0.269 e. The molecule has 3 N–H and O–H groups in total. The van der Waals surface area contributed by atoms with Crippen LogP contribution in [0.5, 0.6) is 0 Å². The van der Waals surface area contributed by atoms with Crippen LogP contribution in [0.25, 0.3) is 10.9 Å². The van der Waals surface area contributed by atoms with Crippen molar-refractivity contribution in [3.8, 4) is 0 Å². The van der Waals surface area contributed by atoms with E-state index in [0.717, 1.165) is 53.9 Å². The number of aromatic amines is 1. The summed E-state index contributed by atoms with van der Waals surface area (Å²) in [5.41, 5.74) is 8.68. The highest BCUT2D eigenvalue weighted by Crippen LogP contribution is 2.32. The zero-order chi connectivity index (χ0) is 17.4. The molecule has 1 aliphatic heterocycles. The van der Waals surface area contributed by atoms with Crippen molar-refractivity contribution in [2.24, 2.45) is 5.73 Å². The third kappa shape index (κ3) is 2.82. The fourth-order valence-electron chi connectivity index (χ4n) is 3.57. The minimum atomic E-state index is -0.507. The maximum atomic E-state index is 11.3. The van der Waals surface area contributed by atoms with Crippen molar-refractivity contribution in [3.63, 3.8) is 0 Å². The summed E-state index contributed by atoms with van der Waals surface area (Å²) in [6.07, 6.45) is 3.72. The number of hydrogen-bond donors (Lipinski definition) is 2. The van der Waals surface area contributed by atoms with E-state index in [-0.39, 0.29) is 11.6 Å². The summed E-state index contributed by atoms with van der Waals surface area (Å²) < 4.78 is 0. The molecule has 1 aliphatic rings. The van der Waals surface area contributed by atoms with Gasteiger partial charge in [0.1, 0.15) is 17.8 Å². The molecule has 7 nitrogen and oxygen atoms in total. The van der Waals surface area contributed by atoms with Gasteiger partial charge >= 0.3 is 0 Å². The number of hydrogen-bond acceptors (Lipinski definition) is 5. The molecule has 1 atom stereocenters. The van der Waals surface area contributed by atoms with Gasteiger partial charge in [-0.2, -0.15) is 5.10 Å². The van der Waals surface area contributed by atoms with Crippen LogP contribution < -0.4 is 10.6 Å². The fourth-order valence-corrected chi connectivity index (χ4v) is 3.57. The number of rotatable bonds is 3. The second-order valence-electron chi connectivity index (χ2n) is 6.53. The van der Waals surface area contributed by atoms with Gasteiger partial charge in [0.15, 0.2) is 0 Å². The molecule has 1 aromatic carbocycles. The van der Waals surface area contributed by atoms with Gasteiger partial charge in [-0.3, -0.25) is 9.89 Å². The molecule has 4 rings (SSSR count). The molecular weight excluding hydrogens is 316 g/mol. The van der Waals surface area contributed by atoms with E-state index in [1.165, 1.54) is 0 Å². The molecule has 1 amide bonds. The number of piperidine rings is 1. The van der Waals surface area contributed by atoms with Crippen molar-refractivity contribution in [3.05, 3.63) is 47.5 Å². The monoisotopic (exact) mass is 336 g/mol. The van der Waals surface area contributed by atoms with Crippen molar-refractivity contribution in [2.75, 3.05) is 18.0 Å². The number of carbonyl (C=O) groups is 1. The van der Waals surface area contributed by atoms with E-state index in [0.29, 0.717) is 0 Å². The number of H-pyrrole nitrogens is 1. The molecule has 128 valence electrons. The van der Waals surface area contributed by atoms with Crippen molar-refractivity contribution < 1.29 is 4.79 Å². The molecule has 1 unspecified atom stereocenters. The third-order valence-electron chi connectivity index (χ3n) is 4.86. The molecule has 0 saturated carbocycles. The Morgan fingerprint density at radius 1 is 1.36 bits per heavy atom. The van der Waals surface area contributed by atoms with Gasteiger partial charge in [-0.1, -0.05) is 12.1 Å². The standard InChI is InChI=1S/C18H20N6O/c1-11-4-2-6-13-16(11)20-10-21-18(13)24-7-3-5-12(9-24)14-8-15(17(19)25)23-22-14/h2,4,6,8,10,12H,3,5,7,9H2,1H3,(H2,19,25)(H,22,23). The summed E-state index contributed by atoms with van der Waals surface area (Å²) in [6, 6.07) is 7.94. The van der Waals surface area contributed by atoms with Gasteiger partial charge in [-0.25, -0.2) is 9.97 Å². The molecule has 1 saturated heterocycles. The molecule has 1 fully saturated rings. The summed E-state index contributed by atoms with van der Waals surface area (Å²) in [5.74, 6) is 0.727. The quantitative estimate of drug-likeness (QED) is 0.763. The SMILES string of the molecule is Cc1cccc2c(N3CCCC(c4cc(C(N)=O)n[nH]4)C3)ncnc12. The number of aryl methyl sites for hydroxylation is 1. The predicted molar refractivity (Wildman–Crippen MR) is 95.6 cm³/mol. The molecule has 2 aromatic heterocycles. The Morgan fingerprint density at radius 2 is 2.24 bits per heavy atom. The first-order chi connectivity index (χ1) is 12.1. The van der Waals surface area contributed by atoms with Crippen molar-refractivity contribution >= 4 is 22.6 Å². The summed E-state index contributed by atoms with van der Waals surface area (Å²) in [5, 5.41) is 8.05. The first-order valence-electron chi connectivity index (χ1n) is 8.44. The Morgan fingerprint density at radius 3 is 3.04 bits per heavy atom. The average molecular weight is 336 g/mol. The molecule has 0 radical (unpaired) electrons. The lowest BCUT2D eigenvalue weighted by molar-refractivity contribution is 0.0995. The Labute approximate surface area is 145 Å². The van der Waals surface area contributed by atoms with Gasteiger partial charge in [-0.05, 0) is 37.5 Å². The lowest BCUT2D eigenvalue weighted by atomic mass is 9.94. The van der Waals surface area contributed by atoms with Crippen molar-refractivity contribution in [1.82, 2.24) is 20.2 Å². The van der Waals surface area contributed by atoms with E-state index in [4.69, 9.17) is 5.73 Å². The zero-order valence-corrected chi connectivity index (χ0v) is 14.1. The van der Waals surface area contributed by atoms with E-state index >= 15 is 0 Å². The number of para-hydroxylation sites is 1. The highest BCUT2D eigenvalue weighted by molar-refractivity contribution is 5.91. The first-order valence-corrected chi connectivity index (χ1v) is 8.44. The molecule has 0 bridgehead atoms. The number of amides is 1. The number of benzene rings is 1. The minimum absolute atomic E-state index is 0.268. The van der Waals surface area contributed by atoms with Gasteiger partial charge in [0.2, 0.25) is 0 Å². The number of nitrogens with two attached hydrogens (primary N) is 1. The Balaban J connectivity index is 1.65. The maximum absolute atomic E-state index is 11.3. The molecule has 0 spiro atoms. The minimum Gasteiger partial charge on any atom is -0.364 e. The van der Waals surface area contributed by atoms with Gasteiger partial charge in [0.05, 0.1) is 5.52 Å². The second-order valence-corrected chi connectivity index (χ2v) is 6.53. The summed E-state index contributed by atoms with van der Waals surface area (Å²) >= 11 is 0. The lowest BCUT2D eigenvalue weighted by Gasteiger charge is -2.33. The van der Waals surface area contributed by atoms with Crippen LogP contribution in [0.1, 0.15) is 40.5 Å². The highest BCUT2D eigenvalue weighted by Gasteiger charge is 2.25. The molecule has 25 heavy (non-hydrogen) atoms. The van der Waals surface area contributed by atoms with Crippen LogP contribution in [0, 0.1) is 6.92 Å². The second kappa shape index (κ2) is 6.16. The molecule has 0 aliphatic carbocycles. The highest BCUT2D eigenvalue weighted by atomic mass is 16.1. The first kappa shape index (κ1) is 15.6. The normalized spacial score (nSPS) is 17.8. The van der Waals surface area contributed by atoms with Gasteiger partial charge < -0.3 is 10.6 Å². The number of nitrogens with zero attached hydrogens (tertiary/aromatic N) is 4. The number of primary amides is 1. The van der Waals surface area contributed by atoms with Gasteiger partial charge in [0.25, 0.3) is 5.91 Å². The number of nitrogens with one attached hydrogen (secondary N) is 1. The average Bonchev–Trinajstić information content (AvgIpc) is 3.12. The predicted octanol–water partition coefficient (Wildman–Crippen LogP) is 2.14. The van der Waals surface area contributed by atoms with E-state index < -0.39 is 5.91 Å². The largest absolute Gasteiger partial charge is 0.364 e. The topological polar surface area (TPSA) is 101 Å². The van der Waals surface area contributed by atoms with Crippen LogP contribution in [0.4, 0.5) is 5.82 Å². The van der Waals surface area contributed by atoms with E-state index in [1.807, 2.05) is 6.07 Å². The van der Waals surface area contributed by atoms with Gasteiger partial charge in [-0.15, -0.1) is 0 Å². The fraction of sp³-hybridized carbons (Fsp3) is 0.333. The van der Waals surface area contributed by atoms with Crippen LogP contribution >= 0.6 is 0 Å². The van der Waals surface area contributed by atoms with E-state index in [1.54, 1.807) is 12.4 Å². The number of anilines is 1. The Kier molecular flexibility index (Phi) is 3.83. The van der Waals surface area contributed by atoms with Crippen molar-refractivity contribution in [1.29, 1.82) is 0 Å². The summed E-state index contributed by atoms with van der Waals surface area (Å²) in [4.78, 5) is 22.5. The van der Waals surface area contributed by atoms with E-state index in [2.05, 4.69) is 44.1 Å². The van der Waals surface area contributed by atoms with Crippen molar-refractivity contribution in [2.45, 2.75) is 25.7 Å². The Hall–Kier alpha value is -2.96. The van der Waals surface area contributed by atoms with Crippen LogP contribution in [0.2, 0.25) is 0 Å². The Bertz CT molecular complexity index is 934. The van der Waals surface area contributed by atoms with Gasteiger partial charge in [0, 0.05) is 30.1 Å². The lowest BCUT2D eigenvalue weighted by Crippen LogP contribution is -2.35.